The number of nitrogens with one attached hydrogen (secondary N) is 2. The van der Waals surface area contributed by atoms with Crippen molar-refractivity contribution in [1.82, 2.24) is 15.3 Å². The number of carbonyl (C=O) groups is 1. The molecule has 0 unspecified atom stereocenters. The third-order valence-electron chi connectivity index (χ3n) is 3.50. The van der Waals surface area contributed by atoms with Crippen LogP contribution in [0.3, 0.4) is 0 Å². The van der Waals surface area contributed by atoms with E-state index in [1.165, 1.54) is 24.4 Å². The molecule has 1 heterocycles. The highest BCUT2D eigenvalue weighted by Crippen LogP contribution is 2.14. The normalized spacial score (nSPS) is 10.3. The molecule has 126 valence electrons. The van der Waals surface area contributed by atoms with Gasteiger partial charge in [0.1, 0.15) is 11.5 Å². The first-order valence-corrected chi connectivity index (χ1v) is 7.79. The lowest BCUT2D eigenvalue weighted by molar-refractivity contribution is 0.0946. The molecule has 0 saturated carbocycles. The zero-order valence-corrected chi connectivity index (χ0v) is 13.7. The van der Waals surface area contributed by atoms with E-state index < -0.39 is 0 Å². The largest absolute Gasteiger partial charge is 0.347 e. The van der Waals surface area contributed by atoms with Crippen molar-refractivity contribution in [3.63, 3.8) is 0 Å². The second-order valence-electron chi connectivity index (χ2n) is 5.57. The van der Waals surface area contributed by atoms with Gasteiger partial charge >= 0.3 is 0 Å². The van der Waals surface area contributed by atoms with Crippen LogP contribution in [0.25, 0.3) is 0 Å². The molecule has 0 spiro atoms. The molecular formula is C19H17FN4O. The van der Waals surface area contributed by atoms with E-state index in [1.54, 1.807) is 12.1 Å². The average molecular weight is 336 g/mol. The molecule has 6 heteroatoms. The Morgan fingerprint density at radius 3 is 2.76 bits per heavy atom. The Labute approximate surface area is 145 Å². The van der Waals surface area contributed by atoms with Crippen molar-refractivity contribution in [2.45, 2.75) is 13.5 Å². The molecule has 0 aliphatic carbocycles. The van der Waals surface area contributed by atoms with Gasteiger partial charge in [0.05, 0.1) is 0 Å². The topological polar surface area (TPSA) is 66.9 Å². The number of anilines is 2. The molecule has 5 nitrogen and oxygen atoms in total. The molecule has 1 aromatic heterocycles. The Bertz CT molecular complexity index is 898. The van der Waals surface area contributed by atoms with Crippen molar-refractivity contribution < 1.29 is 9.18 Å². The summed E-state index contributed by atoms with van der Waals surface area (Å²) in [5, 5.41) is 5.70. The van der Waals surface area contributed by atoms with Gasteiger partial charge < -0.3 is 10.6 Å². The zero-order chi connectivity index (χ0) is 17.6. The van der Waals surface area contributed by atoms with Gasteiger partial charge in [-0.3, -0.25) is 4.79 Å². The number of benzene rings is 2. The first-order valence-electron chi connectivity index (χ1n) is 7.79. The fourth-order valence-corrected chi connectivity index (χ4v) is 2.34. The summed E-state index contributed by atoms with van der Waals surface area (Å²) in [7, 11) is 0. The molecular weight excluding hydrogens is 319 g/mol. The lowest BCUT2D eigenvalue weighted by Crippen LogP contribution is -2.24. The minimum Gasteiger partial charge on any atom is -0.347 e. The fraction of sp³-hybridized carbons (Fsp3) is 0.105. The van der Waals surface area contributed by atoms with Crippen LogP contribution < -0.4 is 10.6 Å². The molecule has 3 aromatic rings. The molecule has 2 N–H and O–H groups in total. The van der Waals surface area contributed by atoms with E-state index >= 15 is 0 Å². The number of hydrogen-bond acceptors (Lipinski definition) is 4. The van der Waals surface area contributed by atoms with Crippen LogP contribution in [-0.4, -0.2) is 15.9 Å². The first-order chi connectivity index (χ1) is 12.1. The third kappa shape index (κ3) is 4.60. The second kappa shape index (κ2) is 7.53. The number of aryl methyl sites for hydroxylation is 1. The van der Waals surface area contributed by atoms with Crippen LogP contribution in [0.15, 0.2) is 60.8 Å². The van der Waals surface area contributed by atoms with Gasteiger partial charge in [-0.15, -0.1) is 0 Å². The van der Waals surface area contributed by atoms with Crippen molar-refractivity contribution in [2.24, 2.45) is 0 Å². The Morgan fingerprint density at radius 2 is 1.96 bits per heavy atom. The molecule has 0 saturated heterocycles. The molecule has 1 amide bonds. The van der Waals surface area contributed by atoms with Crippen molar-refractivity contribution in [1.29, 1.82) is 0 Å². The van der Waals surface area contributed by atoms with Crippen LogP contribution in [0.4, 0.5) is 16.0 Å². The van der Waals surface area contributed by atoms with Gasteiger partial charge in [-0.1, -0.05) is 35.9 Å². The second-order valence-corrected chi connectivity index (χ2v) is 5.57. The Kier molecular flexibility index (Phi) is 4.99. The summed E-state index contributed by atoms with van der Waals surface area (Å²) in [5.41, 5.74) is 2.90. The number of aromatic nitrogens is 2. The van der Waals surface area contributed by atoms with Crippen molar-refractivity contribution in [2.75, 3.05) is 5.32 Å². The lowest BCUT2D eigenvalue weighted by Gasteiger charge is -2.08. The van der Waals surface area contributed by atoms with Crippen LogP contribution in [-0.2, 0) is 6.54 Å². The maximum atomic E-state index is 13.2. The summed E-state index contributed by atoms with van der Waals surface area (Å²) in [6.07, 6.45) is 1.48. The molecule has 25 heavy (non-hydrogen) atoms. The summed E-state index contributed by atoms with van der Waals surface area (Å²) < 4.78 is 13.2. The standard InChI is InChI=1S/C19H17FN4O/c1-13-4-2-5-14(10-13)12-22-18(25)17-8-9-21-19(24-17)23-16-7-3-6-15(20)11-16/h2-11H,12H2,1H3,(H,22,25)(H,21,23,24). The summed E-state index contributed by atoms with van der Waals surface area (Å²) in [6, 6.07) is 15.4. The highest BCUT2D eigenvalue weighted by molar-refractivity contribution is 5.92. The quantitative estimate of drug-likeness (QED) is 0.747. The summed E-state index contributed by atoms with van der Waals surface area (Å²) >= 11 is 0. The van der Waals surface area contributed by atoms with E-state index in [4.69, 9.17) is 0 Å². The maximum absolute atomic E-state index is 13.2. The van der Waals surface area contributed by atoms with Crippen LogP contribution in [0.2, 0.25) is 0 Å². The number of carbonyl (C=O) groups excluding carboxylic acids is 1. The van der Waals surface area contributed by atoms with E-state index in [9.17, 15) is 9.18 Å². The van der Waals surface area contributed by atoms with Gasteiger partial charge in [0.15, 0.2) is 0 Å². The van der Waals surface area contributed by atoms with Gasteiger partial charge in [-0.25, -0.2) is 14.4 Å². The lowest BCUT2D eigenvalue weighted by atomic mass is 10.1. The molecule has 0 atom stereocenters. The van der Waals surface area contributed by atoms with Gasteiger partial charge in [-0.05, 0) is 36.8 Å². The van der Waals surface area contributed by atoms with Crippen LogP contribution in [0, 0.1) is 12.7 Å². The Balaban J connectivity index is 1.67. The van der Waals surface area contributed by atoms with Crippen molar-refractivity contribution >= 4 is 17.5 Å². The first kappa shape index (κ1) is 16.6. The predicted octanol–water partition coefficient (Wildman–Crippen LogP) is 3.60. The number of halogens is 1. The van der Waals surface area contributed by atoms with E-state index in [0.717, 1.165) is 11.1 Å². The molecule has 3 rings (SSSR count). The summed E-state index contributed by atoms with van der Waals surface area (Å²) in [4.78, 5) is 20.5. The number of hydrogen-bond donors (Lipinski definition) is 2. The van der Waals surface area contributed by atoms with E-state index in [1.807, 2.05) is 31.2 Å². The summed E-state index contributed by atoms with van der Waals surface area (Å²) in [5.74, 6) is -0.433. The average Bonchev–Trinajstić information content (AvgIpc) is 2.60. The molecule has 0 fully saturated rings. The number of amides is 1. The predicted molar refractivity (Wildman–Crippen MR) is 94.1 cm³/mol. The number of rotatable bonds is 5. The van der Waals surface area contributed by atoms with Gasteiger partial charge in [0, 0.05) is 18.4 Å². The van der Waals surface area contributed by atoms with Gasteiger partial charge in [-0.2, -0.15) is 0 Å². The van der Waals surface area contributed by atoms with Crippen molar-refractivity contribution in [3.05, 3.63) is 83.4 Å². The smallest absolute Gasteiger partial charge is 0.270 e. The molecule has 0 aliphatic rings. The molecule has 0 bridgehead atoms. The van der Waals surface area contributed by atoms with E-state index in [0.29, 0.717) is 12.2 Å². The SMILES string of the molecule is Cc1cccc(CNC(=O)c2ccnc(Nc3cccc(F)c3)n2)c1. The summed E-state index contributed by atoms with van der Waals surface area (Å²) in [6.45, 7) is 2.41. The van der Waals surface area contributed by atoms with Crippen LogP contribution in [0.1, 0.15) is 21.6 Å². The molecule has 0 aliphatic heterocycles. The monoisotopic (exact) mass is 336 g/mol. The third-order valence-corrected chi connectivity index (χ3v) is 3.50. The van der Waals surface area contributed by atoms with Crippen LogP contribution >= 0.6 is 0 Å². The zero-order valence-electron chi connectivity index (χ0n) is 13.7. The highest BCUT2D eigenvalue weighted by Gasteiger charge is 2.09. The van der Waals surface area contributed by atoms with Crippen molar-refractivity contribution in [3.8, 4) is 0 Å². The van der Waals surface area contributed by atoms with Gasteiger partial charge in [0.25, 0.3) is 5.91 Å². The highest BCUT2D eigenvalue weighted by atomic mass is 19.1. The molecule has 0 radical (unpaired) electrons. The fourth-order valence-electron chi connectivity index (χ4n) is 2.34. The molecule has 2 aromatic carbocycles. The van der Waals surface area contributed by atoms with E-state index in [2.05, 4.69) is 20.6 Å². The minimum atomic E-state index is -0.364. The Hall–Kier alpha value is -3.28. The maximum Gasteiger partial charge on any atom is 0.270 e. The Morgan fingerprint density at radius 1 is 1.12 bits per heavy atom. The number of nitrogens with zero attached hydrogens (tertiary/aromatic N) is 2. The van der Waals surface area contributed by atoms with E-state index in [-0.39, 0.29) is 23.4 Å². The minimum absolute atomic E-state index is 0.230. The van der Waals surface area contributed by atoms with Crippen LogP contribution in [0.5, 0.6) is 0 Å². The van der Waals surface area contributed by atoms with Gasteiger partial charge in [0.2, 0.25) is 5.95 Å².